The van der Waals surface area contributed by atoms with E-state index >= 15 is 0 Å². The first-order valence-electron chi connectivity index (χ1n) is 36.1. The van der Waals surface area contributed by atoms with Gasteiger partial charge in [-0.3, -0.25) is 4.79 Å². The molecule has 1 aliphatic heterocycles. The lowest BCUT2D eigenvalue weighted by molar-refractivity contribution is -0.303. The zero-order valence-corrected chi connectivity index (χ0v) is 54.0. The van der Waals surface area contributed by atoms with Gasteiger partial charge in [0.15, 0.2) is 6.29 Å². The van der Waals surface area contributed by atoms with Gasteiger partial charge in [-0.15, -0.1) is 0 Å². The molecule has 0 aromatic carbocycles. The molecule has 11 nitrogen and oxygen atoms in total. The predicted molar refractivity (Wildman–Crippen MR) is 344 cm³/mol. The zero-order chi connectivity index (χ0) is 59.6. The van der Waals surface area contributed by atoms with Crippen molar-refractivity contribution < 1.29 is 50.0 Å². The number of carbonyl (C=O) groups is 1. The molecule has 0 saturated carbocycles. The number of ether oxygens (including phenoxy) is 2. The van der Waals surface area contributed by atoms with Crippen LogP contribution in [0.4, 0.5) is 0 Å². The van der Waals surface area contributed by atoms with Crippen LogP contribution in [0, 0.1) is 0 Å². The summed E-state index contributed by atoms with van der Waals surface area (Å²) in [6, 6.07) is -1.18. The monoisotopic (exact) mass is 1170 g/mol. The Morgan fingerprint density at radius 2 is 0.720 bits per heavy atom. The summed E-state index contributed by atoms with van der Waals surface area (Å²) in [5.41, 5.74) is 0. The minimum atomic E-state index is -1.67. The second-order valence-corrected chi connectivity index (χ2v) is 25.7. The number of hydrogen-bond acceptors (Lipinski definition) is 10. The van der Waals surface area contributed by atoms with Crippen molar-refractivity contribution in [3.05, 3.63) is 12.2 Å². The third-order valence-corrected chi connectivity index (χ3v) is 17.8. The SMILES string of the molecule is CCCCCCCCCCCCCC/C=C/CCCC(O)C(O)C(COC1OC(CO)C(O)C(O)C1O)NC(=O)C(O)CCCCCCCCCCCCCCCCCCCCCCCCCCCCCCCCCCCCCCCC. The molecule has 0 aromatic heterocycles. The van der Waals surface area contributed by atoms with E-state index in [1.807, 2.05) is 0 Å². The molecule has 82 heavy (non-hydrogen) atoms. The maximum Gasteiger partial charge on any atom is 0.249 e. The number of amides is 1. The summed E-state index contributed by atoms with van der Waals surface area (Å²) in [5.74, 6) is -0.698. The van der Waals surface area contributed by atoms with E-state index in [0.29, 0.717) is 12.8 Å². The molecule has 0 radical (unpaired) electrons. The molecule has 1 aliphatic rings. The van der Waals surface area contributed by atoms with Crippen LogP contribution >= 0.6 is 0 Å². The smallest absolute Gasteiger partial charge is 0.249 e. The van der Waals surface area contributed by atoms with Gasteiger partial charge < -0.3 is 50.5 Å². The normalized spacial score (nSPS) is 19.1. The second kappa shape index (κ2) is 60.1. The maximum atomic E-state index is 13.2. The number of carbonyl (C=O) groups excluding carboxylic acids is 1. The summed E-state index contributed by atoms with van der Waals surface area (Å²) in [6.45, 7) is 3.49. The largest absolute Gasteiger partial charge is 0.394 e. The van der Waals surface area contributed by atoms with Crippen molar-refractivity contribution in [3.8, 4) is 0 Å². The molecule has 0 spiro atoms. The van der Waals surface area contributed by atoms with Crippen molar-refractivity contribution in [2.75, 3.05) is 13.2 Å². The Bertz CT molecular complexity index is 1340. The number of allylic oxidation sites excluding steroid dienone is 2. The molecule has 1 saturated heterocycles. The van der Waals surface area contributed by atoms with E-state index < -0.39 is 74.2 Å². The highest BCUT2D eigenvalue weighted by atomic mass is 16.7. The molecule has 8 N–H and O–H groups in total. The molecule has 1 heterocycles. The molecule has 1 rings (SSSR count). The highest BCUT2D eigenvalue weighted by molar-refractivity contribution is 5.80. The lowest BCUT2D eigenvalue weighted by Crippen LogP contribution is -2.60. The summed E-state index contributed by atoms with van der Waals surface area (Å²) >= 11 is 0. The van der Waals surface area contributed by atoms with E-state index in [1.54, 1.807) is 0 Å². The average Bonchev–Trinajstić information content (AvgIpc) is 3.53. The van der Waals surface area contributed by atoms with Crippen LogP contribution in [-0.2, 0) is 14.3 Å². The quantitative estimate of drug-likeness (QED) is 0.0215. The van der Waals surface area contributed by atoms with Crippen molar-refractivity contribution >= 4 is 5.91 Å². The summed E-state index contributed by atoms with van der Waals surface area (Å²) in [4.78, 5) is 13.2. The van der Waals surface area contributed by atoms with E-state index in [-0.39, 0.29) is 12.8 Å². The Kier molecular flexibility index (Phi) is 57.8. The van der Waals surface area contributed by atoms with Crippen LogP contribution in [-0.4, -0.2) is 110 Å². The zero-order valence-electron chi connectivity index (χ0n) is 54.0. The number of rotatable bonds is 64. The molecular weight excluding hydrogens is 1030 g/mol. The fourth-order valence-electron chi connectivity index (χ4n) is 12.0. The Hall–Kier alpha value is -1.15. The van der Waals surface area contributed by atoms with Crippen molar-refractivity contribution in [1.29, 1.82) is 0 Å². The number of aliphatic hydroxyl groups excluding tert-OH is 7. The topological polar surface area (TPSA) is 189 Å². The van der Waals surface area contributed by atoms with Gasteiger partial charge in [-0.1, -0.05) is 341 Å². The van der Waals surface area contributed by atoms with Crippen molar-refractivity contribution in [2.24, 2.45) is 0 Å². The van der Waals surface area contributed by atoms with E-state index in [2.05, 4.69) is 31.3 Å². The molecule has 9 atom stereocenters. The number of unbranched alkanes of at least 4 members (excludes halogenated alkanes) is 50. The molecule has 1 amide bonds. The fraction of sp³-hybridized carbons (Fsp3) is 0.958. The summed E-state index contributed by atoms with van der Waals surface area (Å²) < 4.78 is 11.2. The minimum Gasteiger partial charge on any atom is -0.394 e. The highest BCUT2D eigenvalue weighted by Crippen LogP contribution is 2.24. The van der Waals surface area contributed by atoms with Crippen LogP contribution in [0.2, 0.25) is 0 Å². The van der Waals surface area contributed by atoms with Crippen LogP contribution in [0.25, 0.3) is 0 Å². The van der Waals surface area contributed by atoms with Gasteiger partial charge in [-0.05, 0) is 38.5 Å². The summed E-state index contributed by atoms with van der Waals surface area (Å²) in [6.07, 6.45) is 63.3. The van der Waals surface area contributed by atoms with Crippen LogP contribution < -0.4 is 5.32 Å². The second-order valence-electron chi connectivity index (χ2n) is 25.7. The minimum absolute atomic E-state index is 0.260. The first-order chi connectivity index (χ1) is 40.2. The summed E-state index contributed by atoms with van der Waals surface area (Å²) in [5, 5.41) is 76.4. The van der Waals surface area contributed by atoms with Gasteiger partial charge in [0.05, 0.1) is 25.4 Å². The van der Waals surface area contributed by atoms with Crippen LogP contribution in [0.1, 0.15) is 367 Å². The molecule has 488 valence electrons. The Balaban J connectivity index is 2.10. The first kappa shape index (κ1) is 78.9. The highest BCUT2D eigenvalue weighted by Gasteiger charge is 2.44. The molecule has 11 heteroatoms. The number of nitrogens with one attached hydrogen (secondary N) is 1. The molecule has 9 unspecified atom stereocenters. The predicted octanol–water partition coefficient (Wildman–Crippen LogP) is 17.4. The van der Waals surface area contributed by atoms with Gasteiger partial charge in [0.2, 0.25) is 5.91 Å². The lowest BCUT2D eigenvalue weighted by atomic mass is 9.98. The van der Waals surface area contributed by atoms with Crippen molar-refractivity contribution in [2.45, 2.75) is 422 Å². The number of hydrogen-bond donors (Lipinski definition) is 8. The van der Waals surface area contributed by atoms with Gasteiger partial charge in [-0.2, -0.15) is 0 Å². The molecular formula is C71H139NO10. The molecule has 0 aromatic rings. The van der Waals surface area contributed by atoms with Gasteiger partial charge in [-0.25, -0.2) is 0 Å². The van der Waals surface area contributed by atoms with Crippen LogP contribution in [0.3, 0.4) is 0 Å². The molecule has 0 aliphatic carbocycles. The third-order valence-electron chi connectivity index (χ3n) is 17.8. The van der Waals surface area contributed by atoms with Crippen molar-refractivity contribution in [3.63, 3.8) is 0 Å². The Morgan fingerprint density at radius 3 is 1.05 bits per heavy atom. The standard InChI is InChI=1S/C71H139NO10/c1-3-5-7-9-11-13-15-17-19-21-22-23-24-25-26-27-28-29-30-31-32-33-34-35-36-37-38-39-40-41-43-45-47-49-51-53-55-57-59-64(75)70(80)72-62(61-81-71-69(79)68(78)67(77)65(60-73)82-71)66(76)63(74)58-56-54-52-50-48-46-44-42-20-18-16-14-12-10-8-6-4-2/h50,52,62-69,71,73-79H,3-49,51,53-61H2,1-2H3,(H,72,80)/b52-50+. The fourth-order valence-corrected chi connectivity index (χ4v) is 12.0. The third kappa shape index (κ3) is 47.0. The van der Waals surface area contributed by atoms with Crippen molar-refractivity contribution in [1.82, 2.24) is 5.32 Å². The van der Waals surface area contributed by atoms with E-state index in [0.717, 1.165) is 38.5 Å². The van der Waals surface area contributed by atoms with Gasteiger partial charge in [0.1, 0.15) is 36.6 Å². The van der Waals surface area contributed by atoms with Gasteiger partial charge in [0, 0.05) is 0 Å². The van der Waals surface area contributed by atoms with Gasteiger partial charge >= 0.3 is 0 Å². The lowest BCUT2D eigenvalue weighted by Gasteiger charge is -2.40. The Labute approximate surface area is 506 Å². The van der Waals surface area contributed by atoms with E-state index in [9.17, 15) is 40.5 Å². The maximum absolute atomic E-state index is 13.2. The van der Waals surface area contributed by atoms with E-state index in [4.69, 9.17) is 9.47 Å². The molecule has 1 fully saturated rings. The first-order valence-corrected chi connectivity index (χ1v) is 36.1. The van der Waals surface area contributed by atoms with E-state index in [1.165, 1.54) is 289 Å². The number of aliphatic hydroxyl groups is 7. The van der Waals surface area contributed by atoms with Gasteiger partial charge in [0.25, 0.3) is 0 Å². The molecule has 0 bridgehead atoms. The summed E-state index contributed by atoms with van der Waals surface area (Å²) in [7, 11) is 0. The van der Waals surface area contributed by atoms with Crippen LogP contribution in [0.15, 0.2) is 12.2 Å². The van der Waals surface area contributed by atoms with Crippen LogP contribution in [0.5, 0.6) is 0 Å². The Morgan fingerprint density at radius 1 is 0.415 bits per heavy atom. The average molecular weight is 1170 g/mol.